The van der Waals surface area contributed by atoms with Crippen molar-refractivity contribution in [3.63, 3.8) is 0 Å². The van der Waals surface area contributed by atoms with Crippen molar-refractivity contribution >= 4 is 27.7 Å². The number of nitrogens with one attached hydrogen (secondary N) is 1. The fourth-order valence-corrected chi connectivity index (χ4v) is 1.68. The molecule has 0 amide bonds. The van der Waals surface area contributed by atoms with Gasteiger partial charge in [0.05, 0.1) is 6.04 Å². The number of halogens is 1. The summed E-state index contributed by atoms with van der Waals surface area (Å²) < 4.78 is 6.22. The third kappa shape index (κ3) is 3.75. The van der Waals surface area contributed by atoms with Gasteiger partial charge in [-0.25, -0.2) is 0 Å². The van der Waals surface area contributed by atoms with E-state index in [2.05, 4.69) is 34.4 Å². The van der Waals surface area contributed by atoms with Crippen LogP contribution in [0, 0.1) is 0 Å². The highest BCUT2D eigenvalue weighted by atomic mass is 79.9. The molecular formula is C9H14BrNOS. The Morgan fingerprint density at radius 2 is 2.38 bits per heavy atom. The van der Waals surface area contributed by atoms with E-state index >= 15 is 0 Å². The van der Waals surface area contributed by atoms with Crippen LogP contribution in [0.4, 0.5) is 0 Å². The van der Waals surface area contributed by atoms with Crippen LogP contribution in [0.2, 0.25) is 0 Å². The minimum Gasteiger partial charge on any atom is -0.453 e. The van der Waals surface area contributed by atoms with Gasteiger partial charge in [0, 0.05) is 12.3 Å². The monoisotopic (exact) mass is 263 g/mol. The average molecular weight is 264 g/mol. The van der Waals surface area contributed by atoms with Crippen LogP contribution in [0.3, 0.4) is 0 Å². The Labute approximate surface area is 91.6 Å². The first-order valence-corrected chi connectivity index (χ1v) is 6.40. The summed E-state index contributed by atoms with van der Waals surface area (Å²) in [5, 5.41) is 3.38. The van der Waals surface area contributed by atoms with E-state index in [9.17, 15) is 0 Å². The van der Waals surface area contributed by atoms with Gasteiger partial charge in [0.2, 0.25) is 0 Å². The zero-order valence-electron chi connectivity index (χ0n) is 7.84. The molecule has 4 heteroatoms. The standard InChI is InChI=1S/C9H14BrNOS/c1-7(11-5-6-13-2)8-3-4-9(10)12-8/h3-4,7,11H,5-6H2,1-2H3. The molecule has 0 spiro atoms. The van der Waals surface area contributed by atoms with Gasteiger partial charge >= 0.3 is 0 Å². The molecule has 0 saturated heterocycles. The molecule has 1 atom stereocenters. The van der Waals surface area contributed by atoms with E-state index in [4.69, 9.17) is 4.42 Å². The molecule has 1 unspecified atom stereocenters. The van der Waals surface area contributed by atoms with Crippen LogP contribution in [0.5, 0.6) is 0 Å². The Kier molecular flexibility index (Phi) is 4.91. The summed E-state index contributed by atoms with van der Waals surface area (Å²) in [6.45, 7) is 3.12. The Hall–Kier alpha value is 0.0700. The molecule has 1 heterocycles. The second-order valence-electron chi connectivity index (χ2n) is 2.81. The van der Waals surface area contributed by atoms with Crippen LogP contribution in [0.25, 0.3) is 0 Å². The lowest BCUT2D eigenvalue weighted by molar-refractivity contribution is 0.424. The lowest BCUT2D eigenvalue weighted by atomic mass is 10.2. The molecule has 1 aromatic heterocycles. The Balaban J connectivity index is 2.35. The number of thioether (sulfide) groups is 1. The molecule has 1 N–H and O–H groups in total. The molecule has 0 aliphatic heterocycles. The summed E-state index contributed by atoms with van der Waals surface area (Å²) in [6.07, 6.45) is 2.11. The van der Waals surface area contributed by atoms with E-state index in [1.54, 1.807) is 0 Å². The molecule has 0 aliphatic rings. The third-order valence-corrected chi connectivity index (χ3v) is 2.82. The van der Waals surface area contributed by atoms with Crippen LogP contribution in [0.15, 0.2) is 21.2 Å². The SMILES string of the molecule is CSCCNC(C)c1ccc(Br)o1. The minimum absolute atomic E-state index is 0.290. The molecule has 0 saturated carbocycles. The van der Waals surface area contributed by atoms with Crippen LogP contribution >= 0.6 is 27.7 Å². The lowest BCUT2D eigenvalue weighted by Gasteiger charge is -2.09. The highest BCUT2D eigenvalue weighted by Gasteiger charge is 2.07. The summed E-state index contributed by atoms with van der Waals surface area (Å²) in [4.78, 5) is 0. The first kappa shape index (κ1) is 11.1. The third-order valence-electron chi connectivity index (χ3n) is 1.78. The highest BCUT2D eigenvalue weighted by Crippen LogP contribution is 2.19. The van der Waals surface area contributed by atoms with Crippen LogP contribution in [-0.2, 0) is 0 Å². The van der Waals surface area contributed by atoms with Gasteiger partial charge in [-0.3, -0.25) is 0 Å². The first-order valence-electron chi connectivity index (χ1n) is 4.21. The van der Waals surface area contributed by atoms with Crippen molar-refractivity contribution in [2.24, 2.45) is 0 Å². The van der Waals surface area contributed by atoms with Gasteiger partial charge in [-0.2, -0.15) is 11.8 Å². The zero-order valence-corrected chi connectivity index (χ0v) is 10.2. The number of hydrogen-bond donors (Lipinski definition) is 1. The summed E-state index contributed by atoms with van der Waals surface area (Å²) in [6, 6.07) is 4.20. The number of hydrogen-bond acceptors (Lipinski definition) is 3. The smallest absolute Gasteiger partial charge is 0.169 e. The van der Waals surface area contributed by atoms with E-state index in [1.165, 1.54) is 0 Å². The van der Waals surface area contributed by atoms with Crippen LogP contribution < -0.4 is 5.32 Å². The normalized spacial score (nSPS) is 13.2. The minimum atomic E-state index is 0.290. The average Bonchev–Trinajstić information content (AvgIpc) is 2.52. The molecule has 0 radical (unpaired) electrons. The molecule has 74 valence electrons. The van der Waals surface area contributed by atoms with Crippen LogP contribution in [0.1, 0.15) is 18.7 Å². The zero-order chi connectivity index (χ0) is 9.68. The molecule has 0 aliphatic carbocycles. The van der Waals surface area contributed by atoms with E-state index in [1.807, 2.05) is 23.9 Å². The quantitative estimate of drug-likeness (QED) is 0.827. The van der Waals surface area contributed by atoms with E-state index in [0.29, 0.717) is 6.04 Å². The van der Waals surface area contributed by atoms with Crippen molar-refractivity contribution < 1.29 is 4.42 Å². The second-order valence-corrected chi connectivity index (χ2v) is 4.58. The summed E-state index contributed by atoms with van der Waals surface area (Å²) >= 11 is 5.13. The molecule has 0 bridgehead atoms. The van der Waals surface area contributed by atoms with Gasteiger partial charge in [-0.1, -0.05) is 0 Å². The lowest BCUT2D eigenvalue weighted by Crippen LogP contribution is -2.20. The van der Waals surface area contributed by atoms with Gasteiger partial charge in [-0.15, -0.1) is 0 Å². The maximum Gasteiger partial charge on any atom is 0.169 e. The Bertz CT molecular complexity index is 252. The molecule has 13 heavy (non-hydrogen) atoms. The fraction of sp³-hybridized carbons (Fsp3) is 0.556. The van der Waals surface area contributed by atoms with E-state index in [-0.39, 0.29) is 0 Å². The predicted molar refractivity (Wildman–Crippen MR) is 61.2 cm³/mol. The first-order chi connectivity index (χ1) is 6.24. The van der Waals surface area contributed by atoms with Crippen molar-refractivity contribution in [2.45, 2.75) is 13.0 Å². The number of rotatable bonds is 5. The molecule has 0 aromatic carbocycles. The van der Waals surface area contributed by atoms with Gasteiger partial charge in [-0.05, 0) is 41.2 Å². The summed E-state index contributed by atoms with van der Waals surface area (Å²) in [5.74, 6) is 2.11. The second kappa shape index (κ2) is 5.73. The topological polar surface area (TPSA) is 25.2 Å². The molecule has 0 fully saturated rings. The van der Waals surface area contributed by atoms with Crippen molar-refractivity contribution in [2.75, 3.05) is 18.6 Å². The largest absolute Gasteiger partial charge is 0.453 e. The molecule has 2 nitrogen and oxygen atoms in total. The Morgan fingerprint density at radius 3 is 2.92 bits per heavy atom. The highest BCUT2D eigenvalue weighted by molar-refractivity contribution is 9.10. The fourth-order valence-electron chi connectivity index (χ4n) is 1.04. The molecular weight excluding hydrogens is 250 g/mol. The van der Waals surface area contributed by atoms with Crippen LogP contribution in [-0.4, -0.2) is 18.6 Å². The Morgan fingerprint density at radius 1 is 1.62 bits per heavy atom. The van der Waals surface area contributed by atoms with Gasteiger partial charge in [0.25, 0.3) is 0 Å². The van der Waals surface area contributed by atoms with E-state index < -0.39 is 0 Å². The van der Waals surface area contributed by atoms with Gasteiger partial charge in [0.1, 0.15) is 5.76 Å². The predicted octanol–water partition coefficient (Wildman–Crippen LogP) is 3.06. The summed E-state index contributed by atoms with van der Waals surface area (Å²) in [7, 11) is 0. The molecule has 1 rings (SSSR count). The van der Waals surface area contributed by atoms with Crippen molar-refractivity contribution in [3.8, 4) is 0 Å². The molecule has 1 aromatic rings. The van der Waals surface area contributed by atoms with Crippen molar-refractivity contribution in [3.05, 3.63) is 22.6 Å². The summed E-state index contributed by atoms with van der Waals surface area (Å²) in [5.41, 5.74) is 0. The van der Waals surface area contributed by atoms with E-state index in [0.717, 1.165) is 22.7 Å². The number of furan rings is 1. The van der Waals surface area contributed by atoms with Crippen molar-refractivity contribution in [1.82, 2.24) is 5.32 Å². The van der Waals surface area contributed by atoms with Gasteiger partial charge < -0.3 is 9.73 Å². The maximum absolute atomic E-state index is 5.42. The van der Waals surface area contributed by atoms with Gasteiger partial charge in [0.15, 0.2) is 4.67 Å². The maximum atomic E-state index is 5.42. The van der Waals surface area contributed by atoms with Crippen molar-refractivity contribution in [1.29, 1.82) is 0 Å².